The van der Waals surface area contributed by atoms with Gasteiger partial charge in [-0.1, -0.05) is 24.3 Å². The molecule has 0 saturated heterocycles. The van der Waals surface area contributed by atoms with E-state index in [-0.39, 0.29) is 18.3 Å². The summed E-state index contributed by atoms with van der Waals surface area (Å²) in [5, 5.41) is 2.78. The van der Waals surface area contributed by atoms with Crippen molar-refractivity contribution >= 4 is 5.91 Å². The largest absolute Gasteiger partial charge is 0.493 e. The number of rotatable bonds is 7. The van der Waals surface area contributed by atoms with Gasteiger partial charge in [-0.05, 0) is 25.1 Å². The molecular weight excluding hydrogens is 325 g/mol. The fraction of sp³-hybridized carbons (Fsp3) is 0.316. The molecule has 0 aromatic heterocycles. The van der Waals surface area contributed by atoms with Gasteiger partial charge >= 0.3 is 0 Å². The van der Waals surface area contributed by atoms with Crippen LogP contribution in [0.15, 0.2) is 42.5 Å². The lowest BCUT2D eigenvalue weighted by molar-refractivity contribution is 0.000364. The van der Waals surface area contributed by atoms with Crippen molar-refractivity contribution in [1.82, 2.24) is 5.32 Å². The number of hydrogen-bond acceptors (Lipinski definition) is 4. The predicted octanol–water partition coefficient (Wildman–Crippen LogP) is 3.13. The molecule has 1 amide bonds. The van der Waals surface area contributed by atoms with E-state index in [2.05, 4.69) is 5.32 Å². The van der Waals surface area contributed by atoms with E-state index >= 15 is 0 Å². The van der Waals surface area contributed by atoms with Crippen LogP contribution in [-0.2, 0) is 10.3 Å². The number of benzene rings is 2. The number of para-hydroxylation sites is 1. The fourth-order valence-corrected chi connectivity index (χ4v) is 2.58. The summed E-state index contributed by atoms with van der Waals surface area (Å²) in [5.41, 5.74) is -0.308. The Hall–Kier alpha value is -2.60. The molecule has 2 aromatic rings. The molecule has 0 spiro atoms. The van der Waals surface area contributed by atoms with E-state index in [0.29, 0.717) is 22.6 Å². The Morgan fingerprint density at radius 3 is 2.40 bits per heavy atom. The Labute approximate surface area is 146 Å². The molecule has 134 valence electrons. The lowest BCUT2D eigenvalue weighted by Crippen LogP contribution is -2.40. The maximum Gasteiger partial charge on any atom is 0.255 e. The number of carbonyl (C=O) groups is 1. The van der Waals surface area contributed by atoms with Crippen LogP contribution >= 0.6 is 0 Å². The van der Waals surface area contributed by atoms with Crippen molar-refractivity contribution < 1.29 is 23.4 Å². The summed E-state index contributed by atoms with van der Waals surface area (Å²) in [7, 11) is 4.44. The van der Waals surface area contributed by atoms with Crippen LogP contribution in [0.25, 0.3) is 0 Å². The third kappa shape index (κ3) is 3.91. The molecule has 0 saturated carbocycles. The molecular formula is C19H22FNO4. The molecule has 2 rings (SSSR count). The molecule has 0 fully saturated rings. The fourth-order valence-electron chi connectivity index (χ4n) is 2.58. The molecule has 6 heteroatoms. The number of amides is 1. The van der Waals surface area contributed by atoms with E-state index in [9.17, 15) is 9.18 Å². The summed E-state index contributed by atoms with van der Waals surface area (Å²) >= 11 is 0. The van der Waals surface area contributed by atoms with Crippen molar-refractivity contribution in [3.63, 3.8) is 0 Å². The summed E-state index contributed by atoms with van der Waals surface area (Å²) in [6.45, 7) is 1.80. The van der Waals surface area contributed by atoms with Gasteiger partial charge in [0.1, 0.15) is 11.4 Å². The van der Waals surface area contributed by atoms with E-state index in [1.165, 1.54) is 27.4 Å². The van der Waals surface area contributed by atoms with Crippen LogP contribution in [0, 0.1) is 5.82 Å². The zero-order chi connectivity index (χ0) is 18.4. The van der Waals surface area contributed by atoms with Crippen molar-refractivity contribution in [2.24, 2.45) is 0 Å². The molecule has 0 aliphatic carbocycles. The first-order valence-electron chi connectivity index (χ1n) is 7.76. The Kier molecular flexibility index (Phi) is 5.98. The molecule has 0 bridgehead atoms. The molecule has 5 nitrogen and oxygen atoms in total. The second-order valence-corrected chi connectivity index (χ2v) is 5.64. The third-order valence-electron chi connectivity index (χ3n) is 4.13. The highest BCUT2D eigenvalue weighted by Crippen LogP contribution is 2.31. The van der Waals surface area contributed by atoms with Gasteiger partial charge in [0.15, 0.2) is 11.5 Å². The molecule has 0 radical (unpaired) electrons. The molecule has 1 N–H and O–H groups in total. The first kappa shape index (κ1) is 18.7. The number of methoxy groups -OCH3 is 3. The molecule has 2 aromatic carbocycles. The van der Waals surface area contributed by atoms with Crippen molar-refractivity contribution in [3.05, 3.63) is 59.4 Å². The number of ether oxygens (including phenoxy) is 3. The van der Waals surface area contributed by atoms with Crippen LogP contribution < -0.4 is 14.8 Å². The molecule has 0 heterocycles. The van der Waals surface area contributed by atoms with Gasteiger partial charge in [0.25, 0.3) is 5.91 Å². The minimum absolute atomic E-state index is 0.0869. The van der Waals surface area contributed by atoms with Crippen LogP contribution in [0.3, 0.4) is 0 Å². The quantitative estimate of drug-likeness (QED) is 0.836. The molecule has 1 unspecified atom stereocenters. The summed E-state index contributed by atoms with van der Waals surface area (Å²) < 4.78 is 30.1. The van der Waals surface area contributed by atoms with E-state index < -0.39 is 5.60 Å². The zero-order valence-corrected chi connectivity index (χ0v) is 14.8. The lowest BCUT2D eigenvalue weighted by atomic mass is 9.95. The molecule has 25 heavy (non-hydrogen) atoms. The van der Waals surface area contributed by atoms with Crippen molar-refractivity contribution in [2.45, 2.75) is 12.5 Å². The summed E-state index contributed by atoms with van der Waals surface area (Å²) in [5.74, 6) is 0.0432. The minimum Gasteiger partial charge on any atom is -0.493 e. The number of carbonyl (C=O) groups excluding carboxylic acids is 1. The summed E-state index contributed by atoms with van der Waals surface area (Å²) in [4.78, 5) is 12.6. The Bertz CT molecular complexity index is 750. The van der Waals surface area contributed by atoms with Gasteiger partial charge in [-0.15, -0.1) is 0 Å². The molecule has 1 atom stereocenters. The minimum atomic E-state index is -1.01. The van der Waals surface area contributed by atoms with E-state index in [1.807, 2.05) is 0 Å². The monoisotopic (exact) mass is 347 g/mol. The molecule has 0 aliphatic rings. The number of halogens is 1. The van der Waals surface area contributed by atoms with Crippen molar-refractivity contribution in [2.75, 3.05) is 27.9 Å². The van der Waals surface area contributed by atoms with Crippen molar-refractivity contribution in [3.8, 4) is 11.5 Å². The normalized spacial score (nSPS) is 13.0. The van der Waals surface area contributed by atoms with Gasteiger partial charge in [-0.25, -0.2) is 4.39 Å². The smallest absolute Gasteiger partial charge is 0.255 e. The first-order valence-corrected chi connectivity index (χ1v) is 7.76. The third-order valence-corrected chi connectivity index (χ3v) is 4.13. The Morgan fingerprint density at radius 1 is 1.08 bits per heavy atom. The standard InChI is InChI=1S/C19H22FNO4/c1-19(25-4,14-9-5-6-10-15(14)20)12-21-18(22)13-8-7-11-16(23-2)17(13)24-3/h5-11H,12H2,1-4H3,(H,21,22). The lowest BCUT2D eigenvalue weighted by Gasteiger charge is -2.29. The van der Waals surface area contributed by atoms with Crippen molar-refractivity contribution in [1.29, 1.82) is 0 Å². The van der Waals surface area contributed by atoms with Gasteiger partial charge in [0.05, 0.1) is 26.3 Å². The van der Waals surface area contributed by atoms with Crippen LogP contribution in [0.1, 0.15) is 22.8 Å². The average molecular weight is 347 g/mol. The van der Waals surface area contributed by atoms with E-state index in [0.717, 1.165) is 0 Å². The van der Waals surface area contributed by atoms with Crippen LogP contribution in [0.4, 0.5) is 4.39 Å². The molecule has 0 aliphatic heterocycles. The first-order chi connectivity index (χ1) is 12.0. The summed E-state index contributed by atoms with van der Waals surface area (Å²) in [6.07, 6.45) is 0. The maximum absolute atomic E-state index is 14.1. The second kappa shape index (κ2) is 7.98. The topological polar surface area (TPSA) is 56.8 Å². The highest BCUT2D eigenvalue weighted by Gasteiger charge is 2.30. The highest BCUT2D eigenvalue weighted by atomic mass is 19.1. The Balaban J connectivity index is 2.23. The van der Waals surface area contributed by atoms with Gasteiger partial charge in [-0.2, -0.15) is 0 Å². The van der Waals surface area contributed by atoms with Gasteiger partial charge in [-0.3, -0.25) is 4.79 Å². The highest BCUT2D eigenvalue weighted by molar-refractivity contribution is 5.97. The number of hydrogen-bond donors (Lipinski definition) is 1. The van der Waals surface area contributed by atoms with Gasteiger partial charge in [0.2, 0.25) is 0 Å². The second-order valence-electron chi connectivity index (χ2n) is 5.64. The average Bonchev–Trinajstić information content (AvgIpc) is 2.65. The van der Waals surface area contributed by atoms with E-state index in [4.69, 9.17) is 14.2 Å². The zero-order valence-electron chi connectivity index (χ0n) is 14.8. The van der Waals surface area contributed by atoms with Gasteiger partial charge in [0, 0.05) is 12.7 Å². The maximum atomic E-state index is 14.1. The van der Waals surface area contributed by atoms with Crippen LogP contribution in [-0.4, -0.2) is 33.8 Å². The van der Waals surface area contributed by atoms with Crippen LogP contribution in [0.2, 0.25) is 0 Å². The van der Waals surface area contributed by atoms with E-state index in [1.54, 1.807) is 43.3 Å². The Morgan fingerprint density at radius 2 is 1.80 bits per heavy atom. The number of nitrogens with one attached hydrogen (secondary N) is 1. The SMILES string of the molecule is COc1cccc(C(=O)NCC(C)(OC)c2ccccc2F)c1OC. The predicted molar refractivity (Wildman–Crippen MR) is 92.6 cm³/mol. The van der Waals surface area contributed by atoms with Gasteiger partial charge < -0.3 is 19.5 Å². The summed E-state index contributed by atoms with van der Waals surface area (Å²) in [6, 6.07) is 11.4. The van der Waals surface area contributed by atoms with Crippen LogP contribution in [0.5, 0.6) is 11.5 Å².